The molecule has 0 saturated heterocycles. The third-order valence-corrected chi connectivity index (χ3v) is 4.64. The number of aromatic nitrogens is 4. The van der Waals surface area contributed by atoms with Crippen molar-refractivity contribution in [1.29, 1.82) is 0 Å². The van der Waals surface area contributed by atoms with E-state index < -0.39 is 0 Å². The number of rotatable bonds is 11. The molecule has 1 N–H and O–H groups in total. The smallest absolute Gasteiger partial charge is 0.240 e. The molecule has 0 aliphatic heterocycles. The summed E-state index contributed by atoms with van der Waals surface area (Å²) in [5, 5.41) is 7.90. The molecule has 0 bridgehead atoms. The number of nitrogens with one attached hydrogen (secondary N) is 1. The lowest BCUT2D eigenvalue weighted by Gasteiger charge is -2.13. The minimum Gasteiger partial charge on any atom is -0.493 e. The second kappa shape index (κ2) is 10.6. The summed E-state index contributed by atoms with van der Waals surface area (Å²) >= 11 is 0. The first-order valence-electron chi connectivity index (χ1n) is 10.1. The molecule has 9 nitrogen and oxygen atoms in total. The van der Waals surface area contributed by atoms with E-state index in [1.807, 2.05) is 36.4 Å². The highest BCUT2D eigenvalue weighted by atomic mass is 16.5. The molecule has 9 heteroatoms. The van der Waals surface area contributed by atoms with Gasteiger partial charge < -0.3 is 23.7 Å². The van der Waals surface area contributed by atoms with Crippen molar-refractivity contribution in [2.45, 2.75) is 0 Å². The Labute approximate surface area is 185 Å². The molecule has 4 aromatic rings. The second-order valence-corrected chi connectivity index (χ2v) is 6.74. The van der Waals surface area contributed by atoms with Crippen LogP contribution in [0.15, 0.2) is 54.9 Å². The molecule has 2 heterocycles. The standard InChI is InChI=1S/C23H24N4O5/c1-28-8-9-30-10-11-31-21-13-19-17(12-20(21)29-2)23(25-15-24-19)32-22-14-18(26-27-22)16-6-4-3-5-7-16/h3-7,12-15H,8-11H2,1-2H3,(H,26,27). The van der Waals surface area contributed by atoms with Gasteiger partial charge in [-0.3, -0.25) is 5.10 Å². The number of benzene rings is 2. The first kappa shape index (κ1) is 21.5. The number of fused-ring (bicyclic) bond motifs is 1. The van der Waals surface area contributed by atoms with Crippen molar-refractivity contribution in [3.8, 4) is 34.5 Å². The maximum atomic E-state index is 5.95. The minimum absolute atomic E-state index is 0.369. The molecule has 32 heavy (non-hydrogen) atoms. The van der Waals surface area contributed by atoms with Crippen LogP contribution in [-0.4, -0.2) is 60.8 Å². The Morgan fingerprint density at radius 2 is 1.72 bits per heavy atom. The van der Waals surface area contributed by atoms with Crippen LogP contribution < -0.4 is 14.2 Å². The Kier molecular flexibility index (Phi) is 7.11. The van der Waals surface area contributed by atoms with E-state index in [1.165, 1.54) is 6.33 Å². The lowest BCUT2D eigenvalue weighted by atomic mass is 10.2. The van der Waals surface area contributed by atoms with Crippen LogP contribution in [0.2, 0.25) is 0 Å². The molecule has 0 unspecified atom stereocenters. The van der Waals surface area contributed by atoms with E-state index in [0.717, 1.165) is 11.3 Å². The topological polar surface area (TPSA) is 101 Å². The van der Waals surface area contributed by atoms with E-state index in [1.54, 1.807) is 26.4 Å². The monoisotopic (exact) mass is 436 g/mol. The molecule has 0 radical (unpaired) electrons. The van der Waals surface area contributed by atoms with E-state index in [2.05, 4.69) is 20.2 Å². The number of ether oxygens (including phenoxy) is 5. The lowest BCUT2D eigenvalue weighted by Crippen LogP contribution is -2.10. The number of nitrogens with zero attached hydrogens (tertiary/aromatic N) is 3. The van der Waals surface area contributed by atoms with Crippen LogP contribution in [0.3, 0.4) is 0 Å². The van der Waals surface area contributed by atoms with Gasteiger partial charge in [0.2, 0.25) is 11.8 Å². The molecule has 0 aliphatic rings. The average Bonchev–Trinajstić information content (AvgIpc) is 3.30. The highest BCUT2D eigenvalue weighted by molar-refractivity contribution is 5.87. The zero-order valence-corrected chi connectivity index (χ0v) is 17.9. The highest BCUT2D eigenvalue weighted by Crippen LogP contribution is 2.36. The van der Waals surface area contributed by atoms with Crippen molar-refractivity contribution in [3.63, 3.8) is 0 Å². The number of methoxy groups -OCH3 is 2. The Morgan fingerprint density at radius 3 is 2.53 bits per heavy atom. The fourth-order valence-electron chi connectivity index (χ4n) is 3.07. The fourth-order valence-corrected chi connectivity index (χ4v) is 3.07. The summed E-state index contributed by atoms with van der Waals surface area (Å²) in [7, 11) is 3.21. The molecular weight excluding hydrogens is 412 g/mol. The van der Waals surface area contributed by atoms with Gasteiger partial charge in [0.05, 0.1) is 43.5 Å². The van der Waals surface area contributed by atoms with Crippen molar-refractivity contribution in [2.24, 2.45) is 0 Å². The number of hydrogen-bond acceptors (Lipinski definition) is 8. The van der Waals surface area contributed by atoms with Crippen LogP contribution in [0, 0.1) is 0 Å². The van der Waals surface area contributed by atoms with Gasteiger partial charge in [-0.25, -0.2) is 9.97 Å². The molecule has 0 aliphatic carbocycles. The van der Waals surface area contributed by atoms with Gasteiger partial charge in [0.25, 0.3) is 0 Å². The highest BCUT2D eigenvalue weighted by Gasteiger charge is 2.14. The molecule has 0 atom stereocenters. The molecule has 0 spiro atoms. The summed E-state index contributed by atoms with van der Waals surface area (Å²) in [6.45, 7) is 1.87. The normalized spacial score (nSPS) is 10.9. The summed E-state index contributed by atoms with van der Waals surface area (Å²) in [6, 6.07) is 15.3. The van der Waals surface area contributed by atoms with Gasteiger partial charge in [0, 0.05) is 19.2 Å². The van der Waals surface area contributed by atoms with E-state index in [-0.39, 0.29) is 0 Å². The van der Waals surface area contributed by atoms with E-state index >= 15 is 0 Å². The largest absolute Gasteiger partial charge is 0.493 e. The van der Waals surface area contributed by atoms with Gasteiger partial charge in [-0.1, -0.05) is 30.3 Å². The number of aromatic amines is 1. The molecule has 0 amide bonds. The maximum Gasteiger partial charge on any atom is 0.240 e. The SMILES string of the molecule is COCCOCCOc1cc2ncnc(Oc3cc(-c4ccccc4)[nH]n3)c2cc1OC. The van der Waals surface area contributed by atoms with E-state index in [9.17, 15) is 0 Å². The van der Waals surface area contributed by atoms with Gasteiger partial charge in [-0.2, -0.15) is 0 Å². The van der Waals surface area contributed by atoms with E-state index in [4.69, 9.17) is 23.7 Å². The van der Waals surface area contributed by atoms with Gasteiger partial charge in [0.1, 0.15) is 12.9 Å². The quantitative estimate of drug-likeness (QED) is 0.354. The zero-order chi connectivity index (χ0) is 22.2. The van der Waals surface area contributed by atoms with Gasteiger partial charge in [-0.15, -0.1) is 5.10 Å². The van der Waals surface area contributed by atoms with Gasteiger partial charge in [-0.05, 0) is 11.6 Å². The number of hydrogen-bond donors (Lipinski definition) is 1. The fraction of sp³-hybridized carbons (Fsp3) is 0.261. The predicted molar refractivity (Wildman–Crippen MR) is 118 cm³/mol. The van der Waals surface area contributed by atoms with Crippen molar-refractivity contribution in [2.75, 3.05) is 40.6 Å². The van der Waals surface area contributed by atoms with Crippen LogP contribution in [-0.2, 0) is 9.47 Å². The summed E-state index contributed by atoms with van der Waals surface area (Å²) < 4.78 is 27.6. The zero-order valence-electron chi connectivity index (χ0n) is 17.9. The van der Waals surface area contributed by atoms with Crippen LogP contribution in [0.1, 0.15) is 0 Å². The first-order valence-corrected chi connectivity index (χ1v) is 10.1. The van der Waals surface area contributed by atoms with E-state index in [0.29, 0.717) is 60.6 Å². The molecule has 2 aromatic carbocycles. The van der Waals surface area contributed by atoms with Crippen molar-refractivity contribution < 1.29 is 23.7 Å². The van der Waals surface area contributed by atoms with Gasteiger partial charge in [0.15, 0.2) is 11.5 Å². The third-order valence-electron chi connectivity index (χ3n) is 4.64. The summed E-state index contributed by atoms with van der Waals surface area (Å²) in [5.41, 5.74) is 2.52. The Hall–Kier alpha value is -3.69. The Morgan fingerprint density at radius 1 is 0.875 bits per heavy atom. The van der Waals surface area contributed by atoms with Crippen molar-refractivity contribution in [3.05, 3.63) is 54.9 Å². The van der Waals surface area contributed by atoms with Crippen molar-refractivity contribution >= 4 is 10.9 Å². The summed E-state index contributed by atoms with van der Waals surface area (Å²) in [5.74, 6) is 1.87. The van der Waals surface area contributed by atoms with Crippen LogP contribution in [0.25, 0.3) is 22.2 Å². The summed E-state index contributed by atoms with van der Waals surface area (Å²) in [4.78, 5) is 8.62. The molecule has 166 valence electrons. The Balaban J connectivity index is 1.51. The predicted octanol–water partition coefficient (Wildman–Crippen LogP) is 3.86. The molecule has 0 saturated carbocycles. The Bertz CT molecular complexity index is 1150. The molecular formula is C23H24N4O5. The van der Waals surface area contributed by atoms with Crippen LogP contribution >= 0.6 is 0 Å². The molecule has 2 aromatic heterocycles. The average molecular weight is 436 g/mol. The second-order valence-electron chi connectivity index (χ2n) is 6.74. The van der Waals surface area contributed by atoms with Crippen molar-refractivity contribution in [1.82, 2.24) is 20.2 Å². The maximum absolute atomic E-state index is 5.95. The third kappa shape index (κ3) is 5.13. The molecule has 4 rings (SSSR count). The van der Waals surface area contributed by atoms with Crippen LogP contribution in [0.4, 0.5) is 0 Å². The van der Waals surface area contributed by atoms with Gasteiger partial charge >= 0.3 is 0 Å². The van der Waals surface area contributed by atoms with Crippen LogP contribution in [0.5, 0.6) is 23.3 Å². The lowest BCUT2D eigenvalue weighted by molar-refractivity contribution is 0.0540. The number of H-pyrrole nitrogens is 1. The first-order chi connectivity index (χ1) is 15.8. The molecule has 0 fully saturated rings. The minimum atomic E-state index is 0.369. The summed E-state index contributed by atoms with van der Waals surface area (Å²) in [6.07, 6.45) is 1.44.